The van der Waals surface area contributed by atoms with Crippen LogP contribution in [0.15, 0.2) is 29.2 Å². The Kier molecular flexibility index (Phi) is 13.5. The van der Waals surface area contributed by atoms with E-state index in [4.69, 9.17) is 0 Å². The molecule has 5 heteroatoms. The minimum absolute atomic E-state index is 0. The molecule has 0 saturated heterocycles. The first-order chi connectivity index (χ1) is 10.4. The fourth-order valence-electron chi connectivity index (χ4n) is 2.71. The van der Waals surface area contributed by atoms with Gasteiger partial charge in [-0.1, -0.05) is 77.3 Å². The Bertz CT molecular complexity index is 512. The van der Waals surface area contributed by atoms with Crippen LogP contribution < -0.4 is 51.4 Å². The normalized spacial score (nSPS) is 12.7. The molecule has 0 N–H and O–H groups in total. The molecule has 126 valence electrons. The van der Waals surface area contributed by atoms with Crippen LogP contribution in [0.3, 0.4) is 0 Å². The van der Waals surface area contributed by atoms with E-state index in [1.807, 2.05) is 0 Å². The number of benzene rings is 1. The zero-order valence-electron chi connectivity index (χ0n) is 14.9. The first-order valence-corrected chi connectivity index (χ1v) is 9.92. The second-order valence-corrected chi connectivity index (χ2v) is 7.57. The standard InChI is InChI=1S/C18H30O3S.K/c1-3-4-5-6-7-8-9-10-11-16(2)17-12-14-18(15-13-17)22(19,20)21;/h12-16H,3-11H2,1-2H3,(H,19,20,21);/q;+1/p-1. The Labute approximate surface area is 184 Å². The minimum Gasteiger partial charge on any atom is -0.744 e. The second-order valence-electron chi connectivity index (χ2n) is 6.19. The molecule has 1 atom stereocenters. The molecule has 0 spiro atoms. The van der Waals surface area contributed by atoms with E-state index in [9.17, 15) is 13.0 Å². The van der Waals surface area contributed by atoms with Crippen molar-refractivity contribution in [1.29, 1.82) is 0 Å². The maximum Gasteiger partial charge on any atom is 1.00 e. The molecule has 0 aliphatic heterocycles. The van der Waals surface area contributed by atoms with Crippen molar-refractivity contribution in [2.24, 2.45) is 0 Å². The molecule has 0 saturated carbocycles. The van der Waals surface area contributed by atoms with Crippen molar-refractivity contribution in [3.05, 3.63) is 29.8 Å². The molecule has 0 fully saturated rings. The van der Waals surface area contributed by atoms with Crippen LogP contribution in [-0.4, -0.2) is 13.0 Å². The van der Waals surface area contributed by atoms with Gasteiger partial charge in [0, 0.05) is 0 Å². The van der Waals surface area contributed by atoms with E-state index in [1.165, 1.54) is 63.5 Å². The minimum atomic E-state index is -4.33. The maximum atomic E-state index is 10.9. The molecule has 23 heavy (non-hydrogen) atoms. The molecule has 1 aromatic rings. The number of rotatable bonds is 11. The topological polar surface area (TPSA) is 57.2 Å². The average molecular weight is 365 g/mol. The van der Waals surface area contributed by atoms with Crippen molar-refractivity contribution in [2.75, 3.05) is 0 Å². The Morgan fingerprint density at radius 3 is 1.87 bits per heavy atom. The summed E-state index contributed by atoms with van der Waals surface area (Å²) in [5.74, 6) is 0.406. The Morgan fingerprint density at radius 2 is 1.39 bits per heavy atom. The molecule has 3 nitrogen and oxygen atoms in total. The largest absolute Gasteiger partial charge is 1.00 e. The summed E-state index contributed by atoms with van der Waals surface area (Å²) in [5, 5.41) is 0. The van der Waals surface area contributed by atoms with Gasteiger partial charge < -0.3 is 4.55 Å². The summed E-state index contributed by atoms with van der Waals surface area (Å²) in [7, 11) is -4.33. The van der Waals surface area contributed by atoms with Gasteiger partial charge in [0.25, 0.3) is 0 Å². The van der Waals surface area contributed by atoms with Gasteiger partial charge in [-0.05, 0) is 30.0 Å². The van der Waals surface area contributed by atoms with E-state index in [1.54, 1.807) is 12.1 Å². The summed E-state index contributed by atoms with van der Waals surface area (Å²) >= 11 is 0. The van der Waals surface area contributed by atoms with Crippen LogP contribution in [0.1, 0.15) is 83.1 Å². The molecule has 0 aromatic heterocycles. The Balaban J connectivity index is 0.00000484. The SMILES string of the molecule is CCCCCCCCCCC(C)c1ccc(S(=O)(=O)[O-])cc1.[K+]. The quantitative estimate of drug-likeness (QED) is 0.344. The third-order valence-corrected chi connectivity index (χ3v) is 5.08. The van der Waals surface area contributed by atoms with Crippen LogP contribution in [0.4, 0.5) is 0 Å². The van der Waals surface area contributed by atoms with Crippen molar-refractivity contribution in [3.63, 3.8) is 0 Å². The molecule has 0 aliphatic carbocycles. The number of hydrogen-bond acceptors (Lipinski definition) is 3. The second kappa shape index (κ2) is 13.0. The summed E-state index contributed by atoms with van der Waals surface area (Å²) in [6, 6.07) is 6.37. The summed E-state index contributed by atoms with van der Waals surface area (Å²) in [5.41, 5.74) is 1.11. The molecule has 1 rings (SSSR count). The Morgan fingerprint density at radius 1 is 0.913 bits per heavy atom. The van der Waals surface area contributed by atoms with Crippen molar-refractivity contribution in [2.45, 2.75) is 82.4 Å². The fraction of sp³-hybridized carbons (Fsp3) is 0.667. The first-order valence-electron chi connectivity index (χ1n) is 8.51. The van der Waals surface area contributed by atoms with Gasteiger partial charge in [-0.3, -0.25) is 0 Å². The predicted molar refractivity (Wildman–Crippen MR) is 90.0 cm³/mol. The third kappa shape index (κ3) is 10.4. The van der Waals surface area contributed by atoms with Crippen LogP contribution in [0, 0.1) is 0 Å². The summed E-state index contributed by atoms with van der Waals surface area (Å²) < 4.78 is 32.7. The molecule has 0 aliphatic rings. The molecule has 1 unspecified atom stereocenters. The van der Waals surface area contributed by atoms with Gasteiger partial charge in [-0.25, -0.2) is 8.42 Å². The average Bonchev–Trinajstić information content (AvgIpc) is 2.49. The molecular formula is C18H29KO3S. The van der Waals surface area contributed by atoms with E-state index in [2.05, 4.69) is 13.8 Å². The molecule has 0 amide bonds. The van der Waals surface area contributed by atoms with Crippen LogP contribution in [-0.2, 0) is 10.1 Å². The van der Waals surface area contributed by atoms with Crippen LogP contribution in [0.2, 0.25) is 0 Å². The zero-order valence-corrected chi connectivity index (χ0v) is 18.8. The van der Waals surface area contributed by atoms with Gasteiger partial charge in [0.1, 0.15) is 10.1 Å². The van der Waals surface area contributed by atoms with Crippen LogP contribution >= 0.6 is 0 Å². The van der Waals surface area contributed by atoms with Crippen LogP contribution in [0.25, 0.3) is 0 Å². The third-order valence-electron chi connectivity index (χ3n) is 4.23. The molecule has 0 radical (unpaired) electrons. The fourth-order valence-corrected chi connectivity index (χ4v) is 3.18. The van der Waals surface area contributed by atoms with E-state index >= 15 is 0 Å². The van der Waals surface area contributed by atoms with Gasteiger partial charge in [0.15, 0.2) is 0 Å². The summed E-state index contributed by atoms with van der Waals surface area (Å²) in [6.07, 6.45) is 11.6. The van der Waals surface area contributed by atoms with Gasteiger partial charge >= 0.3 is 51.4 Å². The van der Waals surface area contributed by atoms with Crippen molar-refractivity contribution >= 4 is 10.1 Å². The predicted octanol–water partition coefficient (Wildman–Crippen LogP) is 2.23. The van der Waals surface area contributed by atoms with Gasteiger partial charge in [-0.15, -0.1) is 0 Å². The van der Waals surface area contributed by atoms with Crippen LogP contribution in [0.5, 0.6) is 0 Å². The summed E-state index contributed by atoms with van der Waals surface area (Å²) in [6.45, 7) is 4.39. The summed E-state index contributed by atoms with van der Waals surface area (Å²) in [4.78, 5) is -0.143. The first kappa shape index (κ1) is 23.8. The van der Waals surface area contributed by atoms with E-state index in [0.29, 0.717) is 5.92 Å². The van der Waals surface area contributed by atoms with Gasteiger partial charge in [-0.2, -0.15) is 0 Å². The van der Waals surface area contributed by atoms with E-state index < -0.39 is 10.1 Å². The van der Waals surface area contributed by atoms with E-state index in [-0.39, 0.29) is 56.3 Å². The van der Waals surface area contributed by atoms with Gasteiger partial charge in [0.05, 0.1) is 4.90 Å². The van der Waals surface area contributed by atoms with Crippen molar-refractivity contribution in [1.82, 2.24) is 0 Å². The molecular weight excluding hydrogens is 335 g/mol. The van der Waals surface area contributed by atoms with Crippen molar-refractivity contribution < 1.29 is 64.4 Å². The molecule has 0 bridgehead atoms. The zero-order chi connectivity index (χ0) is 16.4. The number of unbranched alkanes of at least 4 members (excludes halogenated alkanes) is 7. The number of hydrogen-bond donors (Lipinski definition) is 0. The molecule has 0 heterocycles. The van der Waals surface area contributed by atoms with E-state index in [0.717, 1.165) is 12.0 Å². The monoisotopic (exact) mass is 364 g/mol. The molecule has 1 aromatic carbocycles. The van der Waals surface area contributed by atoms with Crippen molar-refractivity contribution in [3.8, 4) is 0 Å². The van der Waals surface area contributed by atoms with Gasteiger partial charge in [0.2, 0.25) is 0 Å². The maximum absolute atomic E-state index is 10.9. The smallest absolute Gasteiger partial charge is 0.744 e. The Hall–Kier alpha value is 0.766.